The molecule has 0 aromatic rings. The number of carbonyl (C=O) groups is 2. The van der Waals surface area contributed by atoms with E-state index >= 15 is 0 Å². The van der Waals surface area contributed by atoms with Crippen molar-refractivity contribution in [3.63, 3.8) is 0 Å². The summed E-state index contributed by atoms with van der Waals surface area (Å²) in [6, 6.07) is 0. The Balaban J connectivity index is 4.59. The third-order valence-electron chi connectivity index (χ3n) is 2.04. The SMILES string of the molecule is CC(CF)(OCC(OC(N)=O)C(=O)CI)C(F)F. The van der Waals surface area contributed by atoms with Crippen molar-refractivity contribution in [2.45, 2.75) is 25.1 Å². The van der Waals surface area contributed by atoms with Gasteiger partial charge in [0.1, 0.15) is 6.67 Å². The number of halogens is 4. The molecule has 0 radical (unpaired) electrons. The van der Waals surface area contributed by atoms with Crippen LogP contribution in [0.5, 0.6) is 0 Å². The van der Waals surface area contributed by atoms with Crippen LogP contribution in [0.3, 0.4) is 0 Å². The predicted octanol–water partition coefficient (Wildman–Crippen LogP) is 1.46. The monoisotopic (exact) mass is 383 g/mol. The van der Waals surface area contributed by atoms with Gasteiger partial charge in [0, 0.05) is 0 Å². The standard InChI is InChI=1S/C9H13F3INO4/c1-9(4-10,7(11)12)17-3-6(5(15)2-13)18-8(14)16/h6-7H,2-4H2,1H3,(H2,14,16). The molecule has 1 amide bonds. The molecule has 0 saturated carbocycles. The van der Waals surface area contributed by atoms with Crippen molar-refractivity contribution in [3.8, 4) is 0 Å². The van der Waals surface area contributed by atoms with Crippen LogP contribution < -0.4 is 5.73 Å². The second kappa shape index (κ2) is 7.77. The highest BCUT2D eigenvalue weighted by Gasteiger charge is 2.38. The number of Topliss-reactive ketones (excluding diaryl/α,β-unsaturated/α-hetero) is 1. The number of primary amides is 1. The van der Waals surface area contributed by atoms with Crippen molar-refractivity contribution in [2.75, 3.05) is 17.7 Å². The molecule has 0 fully saturated rings. The maximum Gasteiger partial charge on any atom is 0.405 e. The van der Waals surface area contributed by atoms with Gasteiger partial charge in [-0.2, -0.15) is 0 Å². The van der Waals surface area contributed by atoms with Crippen LogP contribution in [0, 0.1) is 0 Å². The molecule has 106 valence electrons. The molecular formula is C9H13F3INO4. The van der Waals surface area contributed by atoms with Gasteiger partial charge >= 0.3 is 6.09 Å². The third kappa shape index (κ3) is 5.38. The minimum absolute atomic E-state index is 0.0277. The molecule has 9 heteroatoms. The van der Waals surface area contributed by atoms with E-state index in [9.17, 15) is 22.8 Å². The summed E-state index contributed by atoms with van der Waals surface area (Å²) in [7, 11) is 0. The van der Waals surface area contributed by atoms with Gasteiger partial charge in [0.25, 0.3) is 6.43 Å². The third-order valence-corrected chi connectivity index (χ3v) is 2.79. The van der Waals surface area contributed by atoms with Gasteiger partial charge in [-0.3, -0.25) is 4.79 Å². The molecule has 2 unspecified atom stereocenters. The Kier molecular flexibility index (Phi) is 7.52. The number of ketones is 1. The van der Waals surface area contributed by atoms with E-state index in [2.05, 4.69) is 9.47 Å². The number of hydrogen-bond acceptors (Lipinski definition) is 4. The fourth-order valence-electron chi connectivity index (χ4n) is 0.845. The first kappa shape index (κ1) is 17.4. The topological polar surface area (TPSA) is 78.6 Å². The summed E-state index contributed by atoms with van der Waals surface area (Å²) >= 11 is 1.70. The quantitative estimate of drug-likeness (QED) is 0.509. The summed E-state index contributed by atoms with van der Waals surface area (Å²) in [5.74, 6) is -0.565. The zero-order chi connectivity index (χ0) is 14.3. The highest BCUT2D eigenvalue weighted by Crippen LogP contribution is 2.21. The Bertz CT molecular complexity index is 306. The van der Waals surface area contributed by atoms with Crippen LogP contribution in [0.25, 0.3) is 0 Å². The van der Waals surface area contributed by atoms with Crippen LogP contribution in [0.15, 0.2) is 0 Å². The highest BCUT2D eigenvalue weighted by atomic mass is 127. The smallest absolute Gasteiger partial charge is 0.405 e. The summed E-state index contributed by atoms with van der Waals surface area (Å²) in [5, 5.41) is 0. The fourth-order valence-corrected chi connectivity index (χ4v) is 1.34. The molecule has 0 aromatic heterocycles. The molecule has 0 bridgehead atoms. The van der Waals surface area contributed by atoms with Crippen LogP contribution in [-0.4, -0.2) is 47.7 Å². The molecule has 0 aliphatic heterocycles. The molecule has 0 rings (SSSR count). The molecule has 0 heterocycles. The van der Waals surface area contributed by atoms with Crippen molar-refractivity contribution in [3.05, 3.63) is 0 Å². The maximum atomic E-state index is 12.5. The maximum absolute atomic E-state index is 12.5. The summed E-state index contributed by atoms with van der Waals surface area (Å²) < 4.78 is 46.5. The summed E-state index contributed by atoms with van der Waals surface area (Å²) in [5.41, 5.74) is 2.38. The fraction of sp³-hybridized carbons (Fsp3) is 0.778. The minimum Gasteiger partial charge on any atom is -0.436 e. The van der Waals surface area contributed by atoms with Gasteiger partial charge in [-0.05, 0) is 6.92 Å². The van der Waals surface area contributed by atoms with E-state index in [0.717, 1.165) is 6.92 Å². The molecule has 0 saturated heterocycles. The molecule has 0 aliphatic rings. The van der Waals surface area contributed by atoms with E-state index in [4.69, 9.17) is 5.73 Å². The number of nitrogens with two attached hydrogens (primary N) is 1. The van der Waals surface area contributed by atoms with Crippen LogP contribution in [-0.2, 0) is 14.3 Å². The molecule has 0 aromatic carbocycles. The molecule has 0 spiro atoms. The van der Waals surface area contributed by atoms with Crippen molar-refractivity contribution in [1.29, 1.82) is 0 Å². The Labute approximate surface area is 115 Å². The summed E-state index contributed by atoms with van der Waals surface area (Å²) in [6.07, 6.45) is -5.73. The van der Waals surface area contributed by atoms with Gasteiger partial charge in [-0.25, -0.2) is 18.0 Å². The van der Waals surface area contributed by atoms with Crippen molar-refractivity contribution in [1.82, 2.24) is 0 Å². The molecule has 0 aliphatic carbocycles. The van der Waals surface area contributed by atoms with E-state index < -0.39 is 43.3 Å². The van der Waals surface area contributed by atoms with Crippen LogP contribution in [0.1, 0.15) is 6.92 Å². The lowest BCUT2D eigenvalue weighted by atomic mass is 10.1. The molecule has 2 N–H and O–H groups in total. The van der Waals surface area contributed by atoms with E-state index in [1.165, 1.54) is 0 Å². The Morgan fingerprint density at radius 1 is 1.44 bits per heavy atom. The van der Waals surface area contributed by atoms with E-state index in [0.29, 0.717) is 0 Å². The minimum atomic E-state index is -3.08. The van der Waals surface area contributed by atoms with Gasteiger partial charge in [0.05, 0.1) is 11.0 Å². The number of hydrogen-bond donors (Lipinski definition) is 1. The number of amides is 1. The van der Waals surface area contributed by atoms with Gasteiger partial charge in [0.15, 0.2) is 17.5 Å². The Hall–Kier alpha value is -0.580. The second-order valence-corrected chi connectivity index (χ2v) is 4.35. The molecule has 5 nitrogen and oxygen atoms in total. The molecular weight excluding hydrogens is 370 g/mol. The molecule has 18 heavy (non-hydrogen) atoms. The normalized spacial score (nSPS) is 16.1. The first-order valence-electron chi connectivity index (χ1n) is 4.79. The van der Waals surface area contributed by atoms with Crippen LogP contribution in [0.2, 0.25) is 0 Å². The number of ether oxygens (including phenoxy) is 2. The largest absolute Gasteiger partial charge is 0.436 e. The van der Waals surface area contributed by atoms with E-state index in [1.807, 2.05) is 0 Å². The van der Waals surface area contributed by atoms with E-state index in [-0.39, 0.29) is 4.43 Å². The van der Waals surface area contributed by atoms with Gasteiger partial charge < -0.3 is 15.2 Å². The number of carbonyl (C=O) groups excluding carboxylic acids is 2. The lowest BCUT2D eigenvalue weighted by Gasteiger charge is -2.27. The number of rotatable bonds is 8. The lowest BCUT2D eigenvalue weighted by molar-refractivity contribution is -0.160. The number of alkyl halides is 4. The van der Waals surface area contributed by atoms with Crippen LogP contribution >= 0.6 is 22.6 Å². The summed E-state index contributed by atoms with van der Waals surface area (Å²) in [4.78, 5) is 21.8. The first-order chi connectivity index (χ1) is 8.26. The molecule has 2 atom stereocenters. The zero-order valence-electron chi connectivity index (χ0n) is 9.50. The van der Waals surface area contributed by atoms with Crippen LogP contribution in [0.4, 0.5) is 18.0 Å². The van der Waals surface area contributed by atoms with Gasteiger partial charge in [0.2, 0.25) is 0 Å². The average molecular weight is 383 g/mol. The van der Waals surface area contributed by atoms with Gasteiger partial charge in [-0.1, -0.05) is 22.6 Å². The predicted molar refractivity (Wildman–Crippen MR) is 64.7 cm³/mol. The second-order valence-electron chi connectivity index (χ2n) is 3.58. The first-order valence-corrected chi connectivity index (χ1v) is 6.32. The summed E-state index contributed by atoms with van der Waals surface area (Å²) in [6.45, 7) is -1.25. The van der Waals surface area contributed by atoms with Crippen molar-refractivity contribution < 1.29 is 32.2 Å². The Morgan fingerprint density at radius 2 is 2.00 bits per heavy atom. The average Bonchev–Trinajstić information content (AvgIpc) is 2.32. The highest BCUT2D eigenvalue weighted by molar-refractivity contribution is 14.1. The Morgan fingerprint density at radius 3 is 2.33 bits per heavy atom. The van der Waals surface area contributed by atoms with Crippen molar-refractivity contribution in [2.24, 2.45) is 5.73 Å². The zero-order valence-corrected chi connectivity index (χ0v) is 11.7. The van der Waals surface area contributed by atoms with E-state index in [1.54, 1.807) is 22.6 Å². The lowest BCUT2D eigenvalue weighted by Crippen LogP contribution is -2.44. The van der Waals surface area contributed by atoms with Gasteiger partial charge in [-0.15, -0.1) is 0 Å². The van der Waals surface area contributed by atoms with Crippen molar-refractivity contribution >= 4 is 34.5 Å².